The van der Waals surface area contributed by atoms with Crippen LogP contribution in [0.3, 0.4) is 0 Å². The molecule has 0 N–H and O–H groups in total. The molecule has 1 aliphatic heterocycles. The van der Waals surface area contributed by atoms with Crippen molar-refractivity contribution in [2.75, 3.05) is 25.1 Å². The number of amides is 1. The Balaban J connectivity index is 2.27. The van der Waals surface area contributed by atoms with Crippen molar-refractivity contribution in [1.29, 1.82) is 0 Å². The van der Waals surface area contributed by atoms with Gasteiger partial charge in [0.25, 0.3) is 0 Å². The second-order valence-corrected chi connectivity index (χ2v) is 3.96. The average Bonchev–Trinajstić information content (AvgIpc) is 1.83. The Kier molecular flexibility index (Phi) is 2.42. The summed E-state index contributed by atoms with van der Waals surface area (Å²) < 4.78 is 12.9. The molecule has 0 atom stereocenters. The van der Waals surface area contributed by atoms with Crippen LogP contribution in [-0.2, 0) is 4.79 Å². The van der Waals surface area contributed by atoms with Gasteiger partial charge in [0.1, 0.15) is 5.67 Å². The van der Waals surface area contributed by atoms with E-state index in [4.69, 9.17) is 0 Å². The van der Waals surface area contributed by atoms with Crippen molar-refractivity contribution < 1.29 is 9.18 Å². The lowest BCUT2D eigenvalue weighted by atomic mass is 9.99. The molecule has 0 radical (unpaired) electrons. The number of hydrogen-bond acceptors (Lipinski definition) is 2. The Morgan fingerprint density at radius 2 is 2.27 bits per heavy atom. The number of halogens is 1. The number of thioether (sulfide) groups is 1. The Hall–Kier alpha value is -0.250. The normalized spacial score (nSPS) is 21.2. The molecule has 0 aromatic carbocycles. The average molecular weight is 177 g/mol. The summed E-state index contributed by atoms with van der Waals surface area (Å²) in [4.78, 5) is 12.6. The quantitative estimate of drug-likeness (QED) is 0.625. The maximum Gasteiger partial charge on any atom is 0.232 e. The van der Waals surface area contributed by atoms with Crippen LogP contribution in [0.5, 0.6) is 0 Å². The zero-order chi connectivity index (χ0) is 8.48. The molecule has 1 fully saturated rings. The number of carbonyl (C=O) groups excluding carboxylic acids is 1. The second kappa shape index (κ2) is 3.01. The molecular weight excluding hydrogens is 165 g/mol. The van der Waals surface area contributed by atoms with Gasteiger partial charge in [-0.25, -0.2) is 4.39 Å². The van der Waals surface area contributed by atoms with Gasteiger partial charge in [0.15, 0.2) is 0 Å². The lowest BCUT2D eigenvalue weighted by molar-refractivity contribution is -0.141. The third-order valence-electron chi connectivity index (χ3n) is 1.66. The smallest absolute Gasteiger partial charge is 0.232 e. The highest BCUT2D eigenvalue weighted by Gasteiger charge is 2.40. The molecule has 2 nitrogen and oxygen atoms in total. The van der Waals surface area contributed by atoms with Gasteiger partial charge in [-0.1, -0.05) is 0 Å². The topological polar surface area (TPSA) is 20.3 Å². The van der Waals surface area contributed by atoms with Crippen LogP contribution in [0.15, 0.2) is 0 Å². The number of rotatable bonds is 2. The maximum absolute atomic E-state index is 12.9. The van der Waals surface area contributed by atoms with Crippen LogP contribution in [-0.4, -0.2) is 41.6 Å². The van der Waals surface area contributed by atoms with Crippen LogP contribution < -0.4 is 0 Å². The fourth-order valence-corrected chi connectivity index (χ4v) is 1.57. The zero-order valence-electron chi connectivity index (χ0n) is 6.76. The molecule has 0 bridgehead atoms. The molecule has 0 spiro atoms. The molecule has 0 unspecified atom stereocenters. The van der Waals surface area contributed by atoms with Crippen LogP contribution in [0.4, 0.5) is 4.39 Å². The van der Waals surface area contributed by atoms with Crippen molar-refractivity contribution in [1.82, 2.24) is 4.90 Å². The van der Waals surface area contributed by atoms with Gasteiger partial charge in [-0.05, 0) is 13.2 Å². The molecule has 1 heterocycles. The monoisotopic (exact) mass is 177 g/mol. The summed E-state index contributed by atoms with van der Waals surface area (Å²) in [6.45, 7) is 2.06. The Labute approximate surface area is 70.1 Å². The summed E-state index contributed by atoms with van der Waals surface area (Å²) in [5.74, 6) is 0.517. The molecular formula is C7H12FNOS. The van der Waals surface area contributed by atoms with E-state index in [2.05, 4.69) is 0 Å². The number of likely N-dealkylation sites (tertiary alicyclic amines) is 1. The molecule has 1 rings (SSSR count). The third-order valence-corrected chi connectivity index (χ3v) is 2.20. The first-order chi connectivity index (χ1) is 5.05. The van der Waals surface area contributed by atoms with E-state index in [1.54, 1.807) is 4.90 Å². The van der Waals surface area contributed by atoms with Crippen LogP contribution in [0.1, 0.15) is 6.92 Å². The fourth-order valence-electron chi connectivity index (χ4n) is 1.14. The van der Waals surface area contributed by atoms with Crippen molar-refractivity contribution in [3.8, 4) is 0 Å². The lowest BCUT2D eigenvalue weighted by Gasteiger charge is -2.42. The minimum absolute atomic E-state index is 0.0487. The summed E-state index contributed by atoms with van der Waals surface area (Å²) in [5, 5.41) is 0. The zero-order valence-corrected chi connectivity index (χ0v) is 7.58. The Morgan fingerprint density at radius 3 is 2.64 bits per heavy atom. The van der Waals surface area contributed by atoms with Crippen molar-refractivity contribution in [2.45, 2.75) is 12.6 Å². The van der Waals surface area contributed by atoms with Crippen LogP contribution in [0.2, 0.25) is 0 Å². The summed E-state index contributed by atoms with van der Waals surface area (Å²) in [6.07, 6.45) is 1.87. The van der Waals surface area contributed by atoms with E-state index in [1.807, 2.05) is 6.26 Å². The Morgan fingerprint density at radius 1 is 1.73 bits per heavy atom. The van der Waals surface area contributed by atoms with Crippen LogP contribution in [0.25, 0.3) is 0 Å². The van der Waals surface area contributed by atoms with Crippen molar-refractivity contribution in [3.05, 3.63) is 0 Å². The van der Waals surface area contributed by atoms with E-state index in [1.165, 1.54) is 18.7 Å². The molecule has 0 saturated carbocycles. The van der Waals surface area contributed by atoms with Gasteiger partial charge in [0.05, 0.1) is 18.8 Å². The van der Waals surface area contributed by atoms with Gasteiger partial charge in [-0.3, -0.25) is 4.79 Å². The molecule has 0 aromatic heterocycles. The first-order valence-corrected chi connectivity index (χ1v) is 4.90. The van der Waals surface area contributed by atoms with E-state index in [0.717, 1.165) is 0 Å². The van der Waals surface area contributed by atoms with Crippen molar-refractivity contribution in [3.63, 3.8) is 0 Å². The standard InChI is InChI=1S/C7H12FNOS/c1-7(8)4-9(5-7)6(10)3-11-2/h3-5H2,1-2H3. The number of nitrogens with zero attached hydrogens (tertiary/aromatic N) is 1. The first-order valence-electron chi connectivity index (χ1n) is 3.51. The predicted molar refractivity (Wildman–Crippen MR) is 44.5 cm³/mol. The number of alkyl halides is 1. The molecule has 4 heteroatoms. The second-order valence-electron chi connectivity index (χ2n) is 3.10. The van der Waals surface area contributed by atoms with E-state index in [9.17, 15) is 9.18 Å². The van der Waals surface area contributed by atoms with E-state index in [0.29, 0.717) is 5.75 Å². The van der Waals surface area contributed by atoms with E-state index >= 15 is 0 Å². The van der Waals surface area contributed by atoms with Gasteiger partial charge in [-0.2, -0.15) is 11.8 Å². The van der Waals surface area contributed by atoms with Crippen LogP contribution in [0, 0.1) is 0 Å². The molecule has 11 heavy (non-hydrogen) atoms. The predicted octanol–water partition coefficient (Wildman–Crippen LogP) is 0.920. The van der Waals surface area contributed by atoms with Gasteiger partial charge in [-0.15, -0.1) is 0 Å². The van der Waals surface area contributed by atoms with E-state index in [-0.39, 0.29) is 19.0 Å². The highest BCUT2D eigenvalue weighted by atomic mass is 32.2. The molecule has 0 aliphatic carbocycles. The summed E-state index contributed by atoms with van der Waals surface area (Å²) in [6, 6.07) is 0. The maximum atomic E-state index is 12.9. The highest BCUT2D eigenvalue weighted by Crippen LogP contribution is 2.24. The van der Waals surface area contributed by atoms with Crippen molar-refractivity contribution in [2.24, 2.45) is 0 Å². The third kappa shape index (κ3) is 2.09. The SMILES string of the molecule is CSCC(=O)N1CC(C)(F)C1. The van der Waals surface area contributed by atoms with Gasteiger partial charge in [0.2, 0.25) is 5.91 Å². The van der Waals surface area contributed by atoms with E-state index < -0.39 is 5.67 Å². The minimum atomic E-state index is -1.13. The number of hydrogen-bond donors (Lipinski definition) is 0. The molecule has 64 valence electrons. The summed E-state index contributed by atoms with van der Waals surface area (Å²) in [7, 11) is 0. The lowest BCUT2D eigenvalue weighted by Crippen LogP contribution is -2.59. The molecule has 1 saturated heterocycles. The van der Waals surface area contributed by atoms with Gasteiger partial charge in [0, 0.05) is 0 Å². The van der Waals surface area contributed by atoms with Gasteiger partial charge < -0.3 is 4.90 Å². The summed E-state index contributed by atoms with van der Waals surface area (Å²) >= 11 is 1.47. The molecule has 1 amide bonds. The minimum Gasteiger partial charge on any atom is -0.335 e. The summed E-state index contributed by atoms with van der Waals surface area (Å²) in [5.41, 5.74) is -1.13. The Bertz CT molecular complexity index is 164. The molecule has 1 aliphatic rings. The van der Waals surface area contributed by atoms with Crippen LogP contribution >= 0.6 is 11.8 Å². The fraction of sp³-hybridized carbons (Fsp3) is 0.857. The van der Waals surface area contributed by atoms with Crippen molar-refractivity contribution >= 4 is 17.7 Å². The highest BCUT2D eigenvalue weighted by molar-refractivity contribution is 7.99. The first kappa shape index (κ1) is 8.84. The largest absolute Gasteiger partial charge is 0.335 e. The van der Waals surface area contributed by atoms with Gasteiger partial charge >= 0.3 is 0 Å². The molecule has 0 aromatic rings. The number of carbonyl (C=O) groups is 1.